The maximum atomic E-state index is 12.0. The maximum absolute atomic E-state index is 12.0. The predicted octanol–water partition coefficient (Wildman–Crippen LogP) is 4.92. The Morgan fingerprint density at radius 3 is 2.42 bits per heavy atom. The summed E-state index contributed by atoms with van der Waals surface area (Å²) >= 11 is 5.49. The predicted molar refractivity (Wildman–Crippen MR) is 111 cm³/mol. The number of carbonyl (C=O) groups is 1. The molecule has 0 aliphatic heterocycles. The number of hydrogen-bond acceptors (Lipinski definition) is 3. The highest BCUT2D eigenvalue weighted by atomic mass is 32.1. The van der Waals surface area contributed by atoms with Gasteiger partial charge in [-0.3, -0.25) is 0 Å². The fourth-order valence-corrected chi connectivity index (χ4v) is 2.99. The molecule has 0 heterocycles. The van der Waals surface area contributed by atoms with E-state index in [1.807, 2.05) is 19.1 Å². The Kier molecular flexibility index (Phi) is 7.16. The lowest BCUT2D eigenvalue weighted by Crippen LogP contribution is -2.32. The molecular formula is C21H26N2O2S. The van der Waals surface area contributed by atoms with Gasteiger partial charge in [-0.1, -0.05) is 42.8 Å². The average molecular weight is 371 g/mol. The summed E-state index contributed by atoms with van der Waals surface area (Å²) in [4.78, 5) is 12.0. The van der Waals surface area contributed by atoms with Crippen molar-refractivity contribution in [3.8, 4) is 0 Å². The summed E-state index contributed by atoms with van der Waals surface area (Å²) in [5, 5.41) is 7.09. The SMILES string of the molecule is CCOC(=O)c1cccc(NC(=S)NC(CC)c2ccc(C)cc2)c1C. The van der Waals surface area contributed by atoms with Gasteiger partial charge in [0.1, 0.15) is 0 Å². The lowest BCUT2D eigenvalue weighted by molar-refractivity contribution is 0.0525. The number of carbonyl (C=O) groups excluding carboxylic acids is 1. The van der Waals surface area contributed by atoms with E-state index in [1.165, 1.54) is 11.1 Å². The number of benzene rings is 2. The van der Waals surface area contributed by atoms with Crippen LogP contribution >= 0.6 is 12.2 Å². The molecule has 0 aliphatic rings. The molecule has 0 radical (unpaired) electrons. The summed E-state index contributed by atoms with van der Waals surface area (Å²) in [6.45, 7) is 8.22. The first kappa shape index (κ1) is 19.9. The van der Waals surface area contributed by atoms with Crippen LogP contribution in [0.5, 0.6) is 0 Å². The number of ether oxygens (including phenoxy) is 1. The van der Waals surface area contributed by atoms with E-state index in [2.05, 4.69) is 48.7 Å². The van der Waals surface area contributed by atoms with E-state index in [-0.39, 0.29) is 12.0 Å². The van der Waals surface area contributed by atoms with E-state index in [1.54, 1.807) is 13.0 Å². The third-order valence-electron chi connectivity index (χ3n) is 4.27. The second-order valence-corrected chi connectivity index (χ2v) is 6.58. The van der Waals surface area contributed by atoms with Gasteiger partial charge >= 0.3 is 5.97 Å². The molecule has 0 amide bonds. The molecule has 26 heavy (non-hydrogen) atoms. The van der Waals surface area contributed by atoms with Crippen molar-refractivity contribution in [3.63, 3.8) is 0 Å². The highest BCUT2D eigenvalue weighted by Gasteiger charge is 2.15. The molecule has 2 aromatic rings. The number of hydrogen-bond donors (Lipinski definition) is 2. The summed E-state index contributed by atoms with van der Waals surface area (Å²) < 4.78 is 5.10. The molecule has 0 spiro atoms. The molecule has 0 aliphatic carbocycles. The standard InChI is InChI=1S/C21H26N2O2S/c1-5-18(16-12-10-14(3)11-13-16)22-21(26)23-19-9-7-8-17(15(19)4)20(24)25-6-2/h7-13,18H,5-6H2,1-4H3,(H2,22,23,26). The fourth-order valence-electron chi connectivity index (χ4n) is 2.74. The maximum Gasteiger partial charge on any atom is 0.338 e. The Bertz CT molecular complexity index is 772. The number of anilines is 1. The number of rotatable bonds is 6. The Morgan fingerprint density at radius 2 is 1.81 bits per heavy atom. The molecule has 0 aromatic heterocycles. The minimum absolute atomic E-state index is 0.129. The third-order valence-corrected chi connectivity index (χ3v) is 4.49. The van der Waals surface area contributed by atoms with E-state index in [0.717, 1.165) is 17.7 Å². The summed E-state index contributed by atoms with van der Waals surface area (Å²) in [6.07, 6.45) is 0.909. The van der Waals surface area contributed by atoms with Gasteiger partial charge in [-0.2, -0.15) is 0 Å². The van der Waals surface area contributed by atoms with Gasteiger partial charge in [0.25, 0.3) is 0 Å². The first-order valence-electron chi connectivity index (χ1n) is 8.87. The van der Waals surface area contributed by atoms with Gasteiger partial charge in [0.05, 0.1) is 18.2 Å². The van der Waals surface area contributed by atoms with Crippen molar-refractivity contribution in [2.45, 2.75) is 40.2 Å². The molecule has 0 fully saturated rings. The zero-order valence-electron chi connectivity index (χ0n) is 15.8. The van der Waals surface area contributed by atoms with Crippen LogP contribution in [-0.4, -0.2) is 17.7 Å². The molecule has 1 unspecified atom stereocenters. The van der Waals surface area contributed by atoms with Gasteiger partial charge in [-0.15, -0.1) is 0 Å². The van der Waals surface area contributed by atoms with Crippen LogP contribution in [-0.2, 0) is 4.74 Å². The minimum Gasteiger partial charge on any atom is -0.462 e. The minimum atomic E-state index is -0.321. The van der Waals surface area contributed by atoms with Crippen LogP contribution in [0.15, 0.2) is 42.5 Å². The van der Waals surface area contributed by atoms with Crippen molar-refractivity contribution in [1.29, 1.82) is 0 Å². The van der Waals surface area contributed by atoms with Crippen molar-refractivity contribution in [2.24, 2.45) is 0 Å². The topological polar surface area (TPSA) is 50.4 Å². The van der Waals surface area contributed by atoms with Crippen LogP contribution < -0.4 is 10.6 Å². The van der Waals surface area contributed by atoms with Gasteiger partial charge in [0.2, 0.25) is 0 Å². The van der Waals surface area contributed by atoms with E-state index in [9.17, 15) is 4.79 Å². The fraction of sp³-hybridized carbons (Fsp3) is 0.333. The molecule has 2 rings (SSSR count). The zero-order valence-corrected chi connectivity index (χ0v) is 16.6. The normalized spacial score (nSPS) is 11.5. The second-order valence-electron chi connectivity index (χ2n) is 6.17. The van der Waals surface area contributed by atoms with Gasteiger partial charge in [0, 0.05) is 5.69 Å². The third kappa shape index (κ3) is 5.05. The van der Waals surface area contributed by atoms with E-state index in [0.29, 0.717) is 17.3 Å². The van der Waals surface area contributed by atoms with Crippen molar-refractivity contribution in [2.75, 3.05) is 11.9 Å². The molecule has 1 atom stereocenters. The van der Waals surface area contributed by atoms with Gasteiger partial charge in [0.15, 0.2) is 5.11 Å². The van der Waals surface area contributed by atoms with Crippen LogP contribution in [0.4, 0.5) is 5.69 Å². The van der Waals surface area contributed by atoms with Crippen LogP contribution in [0.2, 0.25) is 0 Å². The van der Waals surface area contributed by atoms with E-state index >= 15 is 0 Å². The summed E-state index contributed by atoms with van der Waals surface area (Å²) in [6, 6.07) is 14.0. The first-order valence-corrected chi connectivity index (χ1v) is 9.27. The van der Waals surface area contributed by atoms with Crippen molar-refractivity contribution in [3.05, 3.63) is 64.7 Å². The number of thiocarbonyl (C=S) groups is 1. The van der Waals surface area contributed by atoms with Gasteiger partial charge < -0.3 is 15.4 Å². The first-order chi connectivity index (χ1) is 12.5. The molecule has 0 saturated heterocycles. The van der Waals surface area contributed by atoms with Crippen LogP contribution in [0.1, 0.15) is 53.4 Å². The van der Waals surface area contributed by atoms with Gasteiger partial charge in [-0.05, 0) is 62.7 Å². The average Bonchev–Trinajstić information content (AvgIpc) is 2.62. The Balaban J connectivity index is 2.10. The number of nitrogens with one attached hydrogen (secondary N) is 2. The lowest BCUT2D eigenvalue weighted by Gasteiger charge is -2.21. The summed E-state index contributed by atoms with van der Waals surface area (Å²) in [5.74, 6) is -0.321. The van der Waals surface area contributed by atoms with Crippen LogP contribution in [0.3, 0.4) is 0 Å². The molecule has 138 valence electrons. The monoisotopic (exact) mass is 370 g/mol. The number of esters is 1. The zero-order chi connectivity index (χ0) is 19.1. The van der Waals surface area contributed by atoms with Crippen molar-refractivity contribution >= 4 is 29.0 Å². The van der Waals surface area contributed by atoms with Crippen molar-refractivity contribution < 1.29 is 9.53 Å². The molecule has 2 aromatic carbocycles. The number of aryl methyl sites for hydroxylation is 1. The second kappa shape index (κ2) is 9.34. The molecule has 0 saturated carbocycles. The van der Waals surface area contributed by atoms with E-state index in [4.69, 9.17) is 17.0 Å². The van der Waals surface area contributed by atoms with E-state index < -0.39 is 0 Å². The highest BCUT2D eigenvalue weighted by Crippen LogP contribution is 2.21. The smallest absolute Gasteiger partial charge is 0.338 e. The molecule has 0 bridgehead atoms. The molecule has 4 nitrogen and oxygen atoms in total. The van der Waals surface area contributed by atoms with Crippen LogP contribution in [0, 0.1) is 13.8 Å². The molecular weight excluding hydrogens is 344 g/mol. The quantitative estimate of drug-likeness (QED) is 0.558. The summed E-state index contributed by atoms with van der Waals surface area (Å²) in [7, 11) is 0. The van der Waals surface area contributed by atoms with Gasteiger partial charge in [-0.25, -0.2) is 4.79 Å². The molecule has 5 heteroatoms. The summed E-state index contributed by atoms with van der Waals surface area (Å²) in [5.41, 5.74) is 4.59. The Morgan fingerprint density at radius 1 is 1.12 bits per heavy atom. The largest absolute Gasteiger partial charge is 0.462 e. The highest BCUT2D eigenvalue weighted by molar-refractivity contribution is 7.80. The Hall–Kier alpha value is -2.40. The lowest BCUT2D eigenvalue weighted by atomic mass is 10.0. The molecule has 2 N–H and O–H groups in total. The van der Waals surface area contributed by atoms with Crippen LogP contribution in [0.25, 0.3) is 0 Å². The Labute approximate surface area is 161 Å². The van der Waals surface area contributed by atoms with Crippen molar-refractivity contribution in [1.82, 2.24) is 5.32 Å².